The SMILES string of the molecule is COC(=O)C1CC(=O)N(c2ncc(Br)cc2O)C1. The van der Waals surface area contributed by atoms with E-state index in [4.69, 9.17) is 0 Å². The van der Waals surface area contributed by atoms with Crippen molar-refractivity contribution < 1.29 is 19.4 Å². The largest absolute Gasteiger partial charge is 0.504 e. The van der Waals surface area contributed by atoms with E-state index in [1.807, 2.05) is 0 Å². The topological polar surface area (TPSA) is 79.7 Å². The second-order valence-electron chi connectivity index (χ2n) is 3.92. The molecule has 1 N–H and O–H groups in total. The summed E-state index contributed by atoms with van der Waals surface area (Å²) in [7, 11) is 1.28. The molecule has 1 amide bonds. The molecular formula is C11H11BrN2O4. The number of aromatic hydroxyl groups is 1. The Kier molecular flexibility index (Phi) is 3.51. The number of ether oxygens (including phenoxy) is 1. The van der Waals surface area contributed by atoms with Gasteiger partial charge in [-0.3, -0.25) is 14.5 Å². The van der Waals surface area contributed by atoms with Crippen LogP contribution in [0.3, 0.4) is 0 Å². The van der Waals surface area contributed by atoms with Crippen LogP contribution in [0.1, 0.15) is 6.42 Å². The van der Waals surface area contributed by atoms with Gasteiger partial charge in [0, 0.05) is 23.6 Å². The molecule has 1 aliphatic rings. The smallest absolute Gasteiger partial charge is 0.311 e. The molecule has 1 aromatic rings. The maximum Gasteiger partial charge on any atom is 0.311 e. The Morgan fingerprint density at radius 1 is 1.67 bits per heavy atom. The van der Waals surface area contributed by atoms with Gasteiger partial charge in [0.15, 0.2) is 11.6 Å². The Morgan fingerprint density at radius 3 is 3.00 bits per heavy atom. The van der Waals surface area contributed by atoms with Crippen molar-refractivity contribution in [1.29, 1.82) is 0 Å². The van der Waals surface area contributed by atoms with Crippen LogP contribution in [-0.2, 0) is 14.3 Å². The lowest BCUT2D eigenvalue weighted by atomic mass is 10.1. The lowest BCUT2D eigenvalue weighted by Gasteiger charge is -2.16. The van der Waals surface area contributed by atoms with Crippen molar-refractivity contribution in [2.24, 2.45) is 5.92 Å². The maximum atomic E-state index is 11.8. The van der Waals surface area contributed by atoms with Gasteiger partial charge in [-0.2, -0.15) is 0 Å². The van der Waals surface area contributed by atoms with Gasteiger partial charge in [0.1, 0.15) is 0 Å². The predicted octanol–water partition coefficient (Wildman–Crippen LogP) is 1.08. The molecule has 1 saturated heterocycles. The highest BCUT2D eigenvalue weighted by atomic mass is 79.9. The number of nitrogens with zero attached hydrogens (tertiary/aromatic N) is 2. The van der Waals surface area contributed by atoms with Crippen molar-refractivity contribution in [1.82, 2.24) is 4.98 Å². The van der Waals surface area contributed by atoms with Gasteiger partial charge in [-0.15, -0.1) is 0 Å². The van der Waals surface area contributed by atoms with Crippen LogP contribution in [-0.4, -0.2) is 35.6 Å². The number of amides is 1. The third-order valence-corrected chi connectivity index (χ3v) is 3.16. The van der Waals surface area contributed by atoms with Crippen molar-refractivity contribution in [3.05, 3.63) is 16.7 Å². The molecule has 0 bridgehead atoms. The van der Waals surface area contributed by atoms with Crippen LogP contribution >= 0.6 is 15.9 Å². The summed E-state index contributed by atoms with van der Waals surface area (Å²) < 4.78 is 5.22. The van der Waals surface area contributed by atoms with E-state index in [9.17, 15) is 14.7 Å². The molecule has 0 saturated carbocycles. The zero-order chi connectivity index (χ0) is 13.3. The fourth-order valence-corrected chi connectivity index (χ4v) is 2.19. The highest BCUT2D eigenvalue weighted by Crippen LogP contribution is 2.32. The van der Waals surface area contributed by atoms with E-state index in [1.54, 1.807) is 0 Å². The van der Waals surface area contributed by atoms with E-state index in [-0.39, 0.29) is 30.4 Å². The van der Waals surface area contributed by atoms with Crippen LogP contribution in [0.5, 0.6) is 5.75 Å². The van der Waals surface area contributed by atoms with Crippen LogP contribution in [0.25, 0.3) is 0 Å². The number of carbonyl (C=O) groups is 2. The highest BCUT2D eigenvalue weighted by Gasteiger charge is 2.37. The molecule has 1 aliphatic heterocycles. The number of pyridine rings is 1. The molecule has 1 fully saturated rings. The number of halogens is 1. The van der Waals surface area contributed by atoms with Crippen LogP contribution in [0.2, 0.25) is 0 Å². The summed E-state index contributed by atoms with van der Waals surface area (Å²) in [5.41, 5.74) is 0. The molecule has 0 aliphatic carbocycles. The number of hydrogen-bond donors (Lipinski definition) is 1. The predicted molar refractivity (Wildman–Crippen MR) is 66.1 cm³/mol. The summed E-state index contributed by atoms with van der Waals surface area (Å²) >= 11 is 3.17. The molecule has 1 aromatic heterocycles. The molecule has 96 valence electrons. The first-order valence-electron chi connectivity index (χ1n) is 5.25. The Labute approximate surface area is 112 Å². The number of rotatable bonds is 2. The van der Waals surface area contributed by atoms with Crippen molar-refractivity contribution in [3.63, 3.8) is 0 Å². The number of aromatic nitrogens is 1. The molecule has 18 heavy (non-hydrogen) atoms. The molecule has 6 nitrogen and oxygen atoms in total. The van der Waals surface area contributed by atoms with Crippen molar-refractivity contribution >= 4 is 33.6 Å². The van der Waals surface area contributed by atoms with E-state index < -0.39 is 11.9 Å². The second-order valence-corrected chi connectivity index (χ2v) is 4.84. The van der Waals surface area contributed by atoms with Gasteiger partial charge in [-0.25, -0.2) is 4.98 Å². The van der Waals surface area contributed by atoms with Crippen LogP contribution < -0.4 is 4.90 Å². The first-order chi connectivity index (χ1) is 8.52. The Bertz CT molecular complexity index is 506. The molecule has 2 heterocycles. The average molecular weight is 315 g/mol. The number of methoxy groups -OCH3 is 1. The van der Waals surface area contributed by atoms with Gasteiger partial charge < -0.3 is 9.84 Å². The van der Waals surface area contributed by atoms with Gasteiger partial charge in [-0.1, -0.05) is 0 Å². The van der Waals surface area contributed by atoms with Crippen LogP contribution in [0.4, 0.5) is 5.82 Å². The number of hydrogen-bond acceptors (Lipinski definition) is 5. The lowest BCUT2D eigenvalue weighted by Crippen LogP contribution is -2.27. The summed E-state index contributed by atoms with van der Waals surface area (Å²) in [6, 6.07) is 1.45. The minimum atomic E-state index is -0.507. The van der Waals surface area contributed by atoms with E-state index in [0.29, 0.717) is 4.47 Å². The molecule has 2 rings (SSSR count). The molecule has 1 atom stereocenters. The molecule has 0 aromatic carbocycles. The molecule has 0 spiro atoms. The van der Waals surface area contributed by atoms with Gasteiger partial charge in [0.25, 0.3) is 0 Å². The molecule has 1 unspecified atom stereocenters. The summed E-state index contributed by atoms with van der Waals surface area (Å²) in [4.78, 5) is 28.5. The normalized spacial score (nSPS) is 19.1. The van der Waals surface area contributed by atoms with Crippen molar-refractivity contribution in [2.45, 2.75) is 6.42 Å². The summed E-state index contributed by atoms with van der Waals surface area (Å²) in [5.74, 6) is -1.14. The average Bonchev–Trinajstić information content (AvgIpc) is 2.70. The molecule has 7 heteroatoms. The number of anilines is 1. The third-order valence-electron chi connectivity index (χ3n) is 2.73. The second kappa shape index (κ2) is 4.93. The van der Waals surface area contributed by atoms with Gasteiger partial charge in [-0.05, 0) is 22.0 Å². The van der Waals surface area contributed by atoms with E-state index in [0.717, 1.165) is 0 Å². The summed E-state index contributed by atoms with van der Waals surface area (Å²) in [6.07, 6.45) is 1.55. The minimum absolute atomic E-state index is 0.0733. The molecule has 0 radical (unpaired) electrons. The highest BCUT2D eigenvalue weighted by molar-refractivity contribution is 9.10. The number of esters is 1. The minimum Gasteiger partial charge on any atom is -0.504 e. The third kappa shape index (κ3) is 2.31. The van der Waals surface area contributed by atoms with Crippen LogP contribution in [0, 0.1) is 5.92 Å². The fourth-order valence-electron chi connectivity index (χ4n) is 1.87. The fraction of sp³-hybridized carbons (Fsp3) is 0.364. The van der Waals surface area contributed by atoms with E-state index in [1.165, 1.54) is 24.3 Å². The van der Waals surface area contributed by atoms with Crippen LogP contribution in [0.15, 0.2) is 16.7 Å². The Morgan fingerprint density at radius 2 is 2.39 bits per heavy atom. The summed E-state index contributed by atoms with van der Waals surface area (Å²) in [5, 5.41) is 9.75. The van der Waals surface area contributed by atoms with E-state index >= 15 is 0 Å². The van der Waals surface area contributed by atoms with Gasteiger partial charge in [0.2, 0.25) is 5.91 Å². The van der Waals surface area contributed by atoms with E-state index in [2.05, 4.69) is 25.7 Å². The number of carbonyl (C=O) groups excluding carboxylic acids is 2. The Balaban J connectivity index is 2.24. The first kappa shape index (κ1) is 12.8. The van der Waals surface area contributed by atoms with Crippen molar-refractivity contribution in [2.75, 3.05) is 18.6 Å². The summed E-state index contributed by atoms with van der Waals surface area (Å²) in [6.45, 7) is 0.174. The standard InChI is InChI=1S/C11H11BrN2O4/c1-18-11(17)6-2-9(16)14(5-6)10-8(15)3-7(12)4-13-10/h3-4,6,15H,2,5H2,1H3. The van der Waals surface area contributed by atoms with Gasteiger partial charge >= 0.3 is 5.97 Å². The first-order valence-corrected chi connectivity index (χ1v) is 6.05. The Hall–Kier alpha value is -1.63. The molecular weight excluding hydrogens is 304 g/mol. The maximum absolute atomic E-state index is 11.8. The lowest BCUT2D eigenvalue weighted by molar-refractivity contribution is -0.145. The zero-order valence-electron chi connectivity index (χ0n) is 9.59. The van der Waals surface area contributed by atoms with Crippen molar-refractivity contribution in [3.8, 4) is 5.75 Å². The monoisotopic (exact) mass is 314 g/mol. The van der Waals surface area contributed by atoms with Gasteiger partial charge in [0.05, 0.1) is 13.0 Å². The quantitative estimate of drug-likeness (QED) is 0.826. The zero-order valence-corrected chi connectivity index (χ0v) is 11.2.